The molecule has 0 amide bonds. The van der Waals surface area contributed by atoms with Gasteiger partial charge in [0.05, 0.1) is 0 Å². The quantitative estimate of drug-likeness (QED) is 0.491. The number of aryl methyl sites for hydroxylation is 1. The lowest BCUT2D eigenvalue weighted by Gasteiger charge is -2.02. The number of hydrogen-bond donors (Lipinski definition) is 0. The number of rotatable bonds is 4. The SMILES string of the molecule is C=CC/C(C)=C/C=C(\C)c1cccc(C)c1. The highest BCUT2D eigenvalue weighted by Crippen LogP contribution is 2.15. The average Bonchev–Trinajstić information content (AvgIpc) is 2.26. The Hall–Kier alpha value is -1.56. The summed E-state index contributed by atoms with van der Waals surface area (Å²) < 4.78 is 0. The van der Waals surface area contributed by atoms with E-state index in [0.29, 0.717) is 0 Å². The van der Waals surface area contributed by atoms with Crippen LogP contribution in [0.4, 0.5) is 0 Å². The molecule has 0 aliphatic heterocycles. The van der Waals surface area contributed by atoms with Gasteiger partial charge in [-0.15, -0.1) is 6.58 Å². The third kappa shape index (κ3) is 3.90. The van der Waals surface area contributed by atoms with Crippen LogP contribution in [0.5, 0.6) is 0 Å². The molecule has 0 N–H and O–H groups in total. The van der Waals surface area contributed by atoms with Crippen LogP contribution in [-0.2, 0) is 0 Å². The second-order valence-corrected chi connectivity index (χ2v) is 4.22. The predicted molar refractivity (Wildman–Crippen MR) is 73.4 cm³/mol. The molecule has 0 saturated carbocycles. The Morgan fingerprint density at radius 2 is 2.00 bits per heavy atom. The minimum absolute atomic E-state index is 0.956. The number of allylic oxidation sites excluding steroid dienone is 5. The average molecular weight is 212 g/mol. The van der Waals surface area contributed by atoms with Gasteiger partial charge in [-0.25, -0.2) is 0 Å². The van der Waals surface area contributed by atoms with Gasteiger partial charge in [0.1, 0.15) is 0 Å². The maximum atomic E-state index is 3.74. The fourth-order valence-corrected chi connectivity index (χ4v) is 1.55. The zero-order valence-electron chi connectivity index (χ0n) is 10.5. The third-order valence-corrected chi connectivity index (χ3v) is 2.56. The molecule has 16 heavy (non-hydrogen) atoms. The van der Waals surface area contributed by atoms with E-state index >= 15 is 0 Å². The highest BCUT2D eigenvalue weighted by molar-refractivity contribution is 5.65. The van der Waals surface area contributed by atoms with E-state index in [1.54, 1.807) is 0 Å². The zero-order valence-corrected chi connectivity index (χ0v) is 10.5. The van der Waals surface area contributed by atoms with Crippen molar-refractivity contribution in [2.24, 2.45) is 0 Å². The van der Waals surface area contributed by atoms with E-state index < -0.39 is 0 Å². The van der Waals surface area contributed by atoms with Crippen LogP contribution in [-0.4, -0.2) is 0 Å². The summed E-state index contributed by atoms with van der Waals surface area (Å²) in [6.07, 6.45) is 7.23. The Morgan fingerprint density at radius 3 is 2.62 bits per heavy atom. The molecule has 0 bridgehead atoms. The molecule has 0 nitrogen and oxygen atoms in total. The number of benzene rings is 1. The summed E-state index contributed by atoms with van der Waals surface area (Å²) in [4.78, 5) is 0. The predicted octanol–water partition coefficient (Wildman–Crippen LogP) is 4.92. The Kier molecular flexibility index (Phi) is 4.78. The van der Waals surface area contributed by atoms with Gasteiger partial charge < -0.3 is 0 Å². The van der Waals surface area contributed by atoms with Crippen molar-refractivity contribution in [3.8, 4) is 0 Å². The topological polar surface area (TPSA) is 0 Å². The lowest BCUT2D eigenvalue weighted by molar-refractivity contribution is 1.22. The molecule has 0 aliphatic carbocycles. The van der Waals surface area contributed by atoms with Crippen LogP contribution < -0.4 is 0 Å². The summed E-state index contributed by atoms with van der Waals surface area (Å²) in [6.45, 7) is 10.1. The van der Waals surface area contributed by atoms with E-state index in [2.05, 4.69) is 63.8 Å². The standard InChI is InChI=1S/C16H20/c1-5-7-13(2)10-11-15(4)16-9-6-8-14(3)12-16/h5-6,8-12H,1,7H2,2-4H3/b13-10+,15-11+. The third-order valence-electron chi connectivity index (χ3n) is 2.56. The van der Waals surface area contributed by atoms with Gasteiger partial charge in [0.2, 0.25) is 0 Å². The first-order valence-electron chi connectivity index (χ1n) is 5.65. The fourth-order valence-electron chi connectivity index (χ4n) is 1.55. The number of hydrogen-bond acceptors (Lipinski definition) is 0. The van der Waals surface area contributed by atoms with E-state index in [1.807, 2.05) is 6.08 Å². The van der Waals surface area contributed by atoms with Crippen LogP contribution in [0.3, 0.4) is 0 Å². The zero-order chi connectivity index (χ0) is 12.0. The maximum Gasteiger partial charge on any atom is -0.0141 e. The molecular weight excluding hydrogens is 192 g/mol. The minimum Gasteiger partial charge on any atom is -0.103 e. The van der Waals surface area contributed by atoms with Crippen LogP contribution in [0.2, 0.25) is 0 Å². The van der Waals surface area contributed by atoms with Gasteiger partial charge in [-0.2, -0.15) is 0 Å². The van der Waals surface area contributed by atoms with Gasteiger partial charge in [0.25, 0.3) is 0 Å². The largest absolute Gasteiger partial charge is 0.103 e. The van der Waals surface area contributed by atoms with Crippen LogP contribution in [0.1, 0.15) is 31.4 Å². The van der Waals surface area contributed by atoms with E-state index in [0.717, 1.165) is 6.42 Å². The Labute approximate surface area is 99.0 Å². The van der Waals surface area contributed by atoms with Gasteiger partial charge in [0, 0.05) is 0 Å². The van der Waals surface area contributed by atoms with Crippen molar-refractivity contribution >= 4 is 5.57 Å². The first-order chi connectivity index (χ1) is 7.63. The summed E-state index contributed by atoms with van der Waals surface area (Å²) in [5.41, 5.74) is 5.23. The molecule has 0 radical (unpaired) electrons. The first kappa shape index (κ1) is 12.5. The summed E-state index contributed by atoms with van der Waals surface area (Å²) >= 11 is 0. The van der Waals surface area contributed by atoms with Crippen molar-refractivity contribution in [3.05, 3.63) is 65.8 Å². The Bertz CT molecular complexity index is 419. The first-order valence-corrected chi connectivity index (χ1v) is 5.65. The highest BCUT2D eigenvalue weighted by atomic mass is 14.0. The molecule has 1 aromatic rings. The molecule has 0 heteroatoms. The van der Waals surface area contributed by atoms with Crippen molar-refractivity contribution in [1.82, 2.24) is 0 Å². The highest BCUT2D eigenvalue weighted by Gasteiger charge is 1.94. The van der Waals surface area contributed by atoms with Crippen LogP contribution in [0.25, 0.3) is 5.57 Å². The van der Waals surface area contributed by atoms with Crippen LogP contribution in [0, 0.1) is 6.92 Å². The monoisotopic (exact) mass is 212 g/mol. The molecule has 0 spiro atoms. The minimum atomic E-state index is 0.956. The van der Waals surface area contributed by atoms with Crippen LogP contribution in [0.15, 0.2) is 54.6 Å². The van der Waals surface area contributed by atoms with Gasteiger partial charge >= 0.3 is 0 Å². The Morgan fingerprint density at radius 1 is 1.25 bits per heavy atom. The van der Waals surface area contributed by atoms with Gasteiger partial charge in [0.15, 0.2) is 0 Å². The van der Waals surface area contributed by atoms with Crippen molar-refractivity contribution in [2.75, 3.05) is 0 Å². The molecule has 84 valence electrons. The fraction of sp³-hybridized carbons (Fsp3) is 0.250. The molecule has 0 aromatic heterocycles. The molecule has 0 unspecified atom stereocenters. The van der Waals surface area contributed by atoms with E-state index in [4.69, 9.17) is 0 Å². The summed E-state index contributed by atoms with van der Waals surface area (Å²) in [7, 11) is 0. The molecule has 1 aromatic carbocycles. The van der Waals surface area contributed by atoms with Gasteiger partial charge in [-0.05, 0) is 38.3 Å². The summed E-state index contributed by atoms with van der Waals surface area (Å²) in [5, 5.41) is 0. The van der Waals surface area contributed by atoms with Gasteiger partial charge in [-0.3, -0.25) is 0 Å². The van der Waals surface area contributed by atoms with E-state index in [1.165, 1.54) is 22.3 Å². The second-order valence-electron chi connectivity index (χ2n) is 4.22. The van der Waals surface area contributed by atoms with E-state index in [-0.39, 0.29) is 0 Å². The molecule has 0 saturated heterocycles. The molecule has 0 fully saturated rings. The van der Waals surface area contributed by atoms with Gasteiger partial charge in [-0.1, -0.05) is 53.6 Å². The molecule has 0 atom stereocenters. The second kappa shape index (κ2) is 6.12. The van der Waals surface area contributed by atoms with Crippen molar-refractivity contribution in [2.45, 2.75) is 27.2 Å². The Balaban J connectivity index is 2.85. The maximum absolute atomic E-state index is 3.74. The summed E-state index contributed by atoms with van der Waals surface area (Å²) in [5.74, 6) is 0. The smallest absolute Gasteiger partial charge is 0.0141 e. The molecule has 1 rings (SSSR count). The van der Waals surface area contributed by atoms with Crippen molar-refractivity contribution in [1.29, 1.82) is 0 Å². The molecule has 0 heterocycles. The lowest BCUT2D eigenvalue weighted by Crippen LogP contribution is -1.80. The summed E-state index contributed by atoms with van der Waals surface area (Å²) in [6, 6.07) is 8.58. The molecular formula is C16H20. The van der Waals surface area contributed by atoms with Crippen molar-refractivity contribution in [3.63, 3.8) is 0 Å². The van der Waals surface area contributed by atoms with Crippen LogP contribution >= 0.6 is 0 Å². The van der Waals surface area contributed by atoms with E-state index in [9.17, 15) is 0 Å². The van der Waals surface area contributed by atoms with Crippen molar-refractivity contribution < 1.29 is 0 Å². The normalized spacial score (nSPS) is 12.7. The lowest BCUT2D eigenvalue weighted by atomic mass is 10.0. The molecule has 0 aliphatic rings.